The molecule has 0 spiro atoms. The number of H-pyrrole nitrogens is 1. The van der Waals surface area contributed by atoms with Crippen LogP contribution in [-0.2, 0) is 0 Å². The van der Waals surface area contributed by atoms with E-state index in [0.717, 1.165) is 27.6 Å². The molecule has 17 heavy (non-hydrogen) atoms. The van der Waals surface area contributed by atoms with Gasteiger partial charge < -0.3 is 4.98 Å². The van der Waals surface area contributed by atoms with Crippen LogP contribution in [0.4, 0.5) is 0 Å². The molecule has 0 aliphatic carbocycles. The first-order valence-electron chi connectivity index (χ1n) is 5.08. The lowest BCUT2D eigenvalue weighted by Gasteiger charge is -1.87. The average Bonchev–Trinajstić information content (AvgIpc) is 2.93. The number of nitrogens with zero attached hydrogens (tertiary/aromatic N) is 3. The predicted octanol–water partition coefficient (Wildman–Crippen LogP) is 2.87. The lowest BCUT2D eigenvalue weighted by Crippen LogP contribution is -1.79. The smallest absolute Gasteiger partial charge is 0.158 e. The summed E-state index contributed by atoms with van der Waals surface area (Å²) < 4.78 is 0. The Morgan fingerprint density at radius 2 is 2.24 bits per heavy atom. The van der Waals surface area contributed by atoms with E-state index in [4.69, 9.17) is 5.26 Å². The summed E-state index contributed by atoms with van der Waals surface area (Å²) in [6.07, 6.45) is 0. The van der Waals surface area contributed by atoms with Crippen LogP contribution < -0.4 is 0 Å². The molecule has 4 nitrogen and oxygen atoms in total. The van der Waals surface area contributed by atoms with Gasteiger partial charge in [0.2, 0.25) is 0 Å². The zero-order chi connectivity index (χ0) is 11.8. The number of aromatic amines is 1. The number of nitrogens with one attached hydrogen (secondary N) is 1. The molecular formula is C12H8N4S. The molecule has 0 saturated heterocycles. The minimum Gasteiger partial charge on any atom is -0.337 e. The highest BCUT2D eigenvalue weighted by Gasteiger charge is 2.08. The predicted molar refractivity (Wildman–Crippen MR) is 66.7 cm³/mol. The number of hydrogen-bond acceptors (Lipinski definition) is 4. The maximum atomic E-state index is 8.83. The van der Waals surface area contributed by atoms with Crippen LogP contribution in [0.15, 0.2) is 23.6 Å². The van der Waals surface area contributed by atoms with E-state index >= 15 is 0 Å². The molecule has 1 N–H and O–H groups in total. The zero-order valence-corrected chi connectivity index (χ0v) is 9.88. The first kappa shape index (κ1) is 10.00. The van der Waals surface area contributed by atoms with Crippen LogP contribution >= 0.6 is 11.3 Å². The van der Waals surface area contributed by atoms with E-state index in [0.29, 0.717) is 5.56 Å². The first-order valence-corrected chi connectivity index (χ1v) is 5.96. The largest absolute Gasteiger partial charge is 0.337 e. The number of nitriles is 1. The number of fused-ring (bicyclic) bond motifs is 1. The number of imidazole rings is 1. The van der Waals surface area contributed by atoms with Crippen LogP contribution in [-0.4, -0.2) is 15.0 Å². The Kier molecular flexibility index (Phi) is 2.16. The van der Waals surface area contributed by atoms with Gasteiger partial charge in [-0.15, -0.1) is 11.3 Å². The molecule has 3 aromatic rings. The summed E-state index contributed by atoms with van der Waals surface area (Å²) in [6, 6.07) is 7.51. The van der Waals surface area contributed by atoms with Crippen molar-refractivity contribution in [1.82, 2.24) is 15.0 Å². The molecule has 0 aliphatic rings. The van der Waals surface area contributed by atoms with Crippen molar-refractivity contribution >= 4 is 22.4 Å². The topological polar surface area (TPSA) is 65.4 Å². The second-order valence-electron chi connectivity index (χ2n) is 3.68. The number of aromatic nitrogens is 3. The number of hydrogen-bond donors (Lipinski definition) is 1. The van der Waals surface area contributed by atoms with E-state index in [9.17, 15) is 0 Å². The fourth-order valence-electron chi connectivity index (χ4n) is 1.67. The lowest BCUT2D eigenvalue weighted by molar-refractivity contribution is 1.23. The third-order valence-corrected chi connectivity index (χ3v) is 3.25. The summed E-state index contributed by atoms with van der Waals surface area (Å²) in [5.74, 6) is 0.749. The van der Waals surface area contributed by atoms with Crippen molar-refractivity contribution in [3.05, 3.63) is 34.2 Å². The van der Waals surface area contributed by atoms with Gasteiger partial charge in [-0.25, -0.2) is 9.97 Å². The molecule has 0 atom stereocenters. The minimum atomic E-state index is 0.627. The first-order chi connectivity index (χ1) is 8.26. The second-order valence-corrected chi connectivity index (χ2v) is 4.74. The van der Waals surface area contributed by atoms with Crippen molar-refractivity contribution in [2.75, 3.05) is 0 Å². The van der Waals surface area contributed by atoms with Gasteiger partial charge >= 0.3 is 0 Å². The number of thiazole rings is 1. The number of rotatable bonds is 1. The molecule has 0 amide bonds. The summed E-state index contributed by atoms with van der Waals surface area (Å²) in [4.78, 5) is 12.0. The molecule has 3 rings (SSSR count). The summed E-state index contributed by atoms with van der Waals surface area (Å²) in [5, 5.41) is 11.8. The number of aryl methyl sites for hydroxylation is 1. The van der Waals surface area contributed by atoms with Crippen molar-refractivity contribution in [1.29, 1.82) is 5.26 Å². The summed E-state index contributed by atoms with van der Waals surface area (Å²) in [5.41, 5.74) is 3.19. The van der Waals surface area contributed by atoms with Gasteiger partial charge in [0.25, 0.3) is 0 Å². The van der Waals surface area contributed by atoms with Crippen molar-refractivity contribution in [3.8, 4) is 17.6 Å². The van der Waals surface area contributed by atoms with E-state index in [1.807, 2.05) is 18.4 Å². The van der Waals surface area contributed by atoms with E-state index in [-0.39, 0.29) is 0 Å². The van der Waals surface area contributed by atoms with Gasteiger partial charge in [0.1, 0.15) is 5.69 Å². The van der Waals surface area contributed by atoms with Gasteiger partial charge in [-0.3, -0.25) is 0 Å². The van der Waals surface area contributed by atoms with Gasteiger partial charge in [-0.2, -0.15) is 5.26 Å². The Balaban J connectivity index is 2.17. The fraction of sp³-hybridized carbons (Fsp3) is 0.0833. The Morgan fingerprint density at radius 1 is 1.35 bits per heavy atom. The monoisotopic (exact) mass is 240 g/mol. The van der Waals surface area contributed by atoms with Crippen LogP contribution in [0.1, 0.15) is 10.6 Å². The highest BCUT2D eigenvalue weighted by molar-refractivity contribution is 7.09. The SMILES string of the molecule is Cc1nc(-c2nc3ccc(C#N)cc3[nH]2)cs1. The summed E-state index contributed by atoms with van der Waals surface area (Å²) >= 11 is 1.59. The maximum Gasteiger partial charge on any atom is 0.158 e. The zero-order valence-electron chi connectivity index (χ0n) is 9.06. The van der Waals surface area contributed by atoms with Crippen LogP contribution in [0.3, 0.4) is 0 Å². The standard InChI is InChI=1S/C12H8N4S/c1-7-14-11(6-17-7)12-15-9-3-2-8(5-13)4-10(9)16-12/h2-4,6H,1H3,(H,15,16). The Morgan fingerprint density at radius 3 is 2.94 bits per heavy atom. The lowest BCUT2D eigenvalue weighted by atomic mass is 10.2. The van der Waals surface area contributed by atoms with Gasteiger partial charge in [0, 0.05) is 5.38 Å². The van der Waals surface area contributed by atoms with E-state index in [2.05, 4.69) is 21.0 Å². The van der Waals surface area contributed by atoms with Crippen molar-refractivity contribution in [2.24, 2.45) is 0 Å². The van der Waals surface area contributed by atoms with Crippen LogP contribution in [0.5, 0.6) is 0 Å². The Labute approximate surface area is 102 Å². The minimum absolute atomic E-state index is 0.627. The highest BCUT2D eigenvalue weighted by atomic mass is 32.1. The molecule has 82 valence electrons. The average molecular weight is 240 g/mol. The van der Waals surface area contributed by atoms with Crippen molar-refractivity contribution in [3.63, 3.8) is 0 Å². The van der Waals surface area contributed by atoms with E-state index in [1.54, 1.807) is 23.5 Å². The second kappa shape index (κ2) is 3.68. The Bertz CT molecular complexity index is 732. The Hall–Kier alpha value is -2.19. The quantitative estimate of drug-likeness (QED) is 0.711. The van der Waals surface area contributed by atoms with Gasteiger partial charge in [0.05, 0.1) is 27.7 Å². The molecule has 0 radical (unpaired) electrons. The van der Waals surface area contributed by atoms with Crippen LogP contribution in [0, 0.1) is 18.3 Å². The van der Waals surface area contributed by atoms with Gasteiger partial charge in [-0.05, 0) is 25.1 Å². The fourth-order valence-corrected chi connectivity index (χ4v) is 2.27. The normalized spacial score (nSPS) is 10.6. The van der Waals surface area contributed by atoms with Crippen molar-refractivity contribution in [2.45, 2.75) is 6.92 Å². The molecule has 0 bridgehead atoms. The van der Waals surface area contributed by atoms with Gasteiger partial charge in [-0.1, -0.05) is 0 Å². The highest BCUT2D eigenvalue weighted by Crippen LogP contribution is 2.22. The number of benzene rings is 1. The van der Waals surface area contributed by atoms with Crippen LogP contribution in [0.25, 0.3) is 22.6 Å². The molecular weight excluding hydrogens is 232 g/mol. The third-order valence-electron chi connectivity index (χ3n) is 2.47. The maximum absolute atomic E-state index is 8.83. The molecule has 0 unspecified atom stereocenters. The molecule has 2 aromatic heterocycles. The molecule has 5 heteroatoms. The van der Waals surface area contributed by atoms with Gasteiger partial charge in [0.15, 0.2) is 5.82 Å². The molecule has 0 aliphatic heterocycles. The molecule has 1 aromatic carbocycles. The van der Waals surface area contributed by atoms with Crippen LogP contribution in [0.2, 0.25) is 0 Å². The molecule has 0 fully saturated rings. The molecule has 2 heterocycles. The van der Waals surface area contributed by atoms with E-state index < -0.39 is 0 Å². The van der Waals surface area contributed by atoms with E-state index in [1.165, 1.54) is 0 Å². The summed E-state index contributed by atoms with van der Waals surface area (Å²) in [6.45, 7) is 1.96. The summed E-state index contributed by atoms with van der Waals surface area (Å²) in [7, 11) is 0. The molecule has 0 saturated carbocycles. The van der Waals surface area contributed by atoms with Crippen molar-refractivity contribution < 1.29 is 0 Å². The third kappa shape index (κ3) is 1.69.